The smallest absolute Gasteiger partial charge is 0.231 e. The van der Waals surface area contributed by atoms with Gasteiger partial charge >= 0.3 is 0 Å². The predicted molar refractivity (Wildman–Crippen MR) is 55.3 cm³/mol. The number of nitrogens with two attached hydrogens (primary N) is 1. The van der Waals surface area contributed by atoms with Gasteiger partial charge in [0.15, 0.2) is 11.6 Å². The van der Waals surface area contributed by atoms with Crippen LogP contribution in [0, 0.1) is 5.82 Å². The van der Waals surface area contributed by atoms with Crippen LogP contribution in [0.4, 0.5) is 4.39 Å². The number of fused-ring (bicyclic) bond motifs is 1. The molecule has 80 valence electrons. The molecule has 1 aromatic carbocycles. The first-order valence-corrected chi connectivity index (χ1v) is 5.48. The van der Waals surface area contributed by atoms with Crippen LogP contribution < -0.4 is 15.2 Å². The topological polar surface area (TPSA) is 44.5 Å². The van der Waals surface area contributed by atoms with Gasteiger partial charge in [0.25, 0.3) is 0 Å². The van der Waals surface area contributed by atoms with Crippen molar-refractivity contribution in [2.24, 2.45) is 5.73 Å². The van der Waals surface area contributed by atoms with Crippen LogP contribution in [0.25, 0.3) is 0 Å². The van der Waals surface area contributed by atoms with Crippen molar-refractivity contribution in [3.8, 4) is 11.5 Å². The minimum absolute atomic E-state index is 0.0692. The highest BCUT2D eigenvalue weighted by Crippen LogP contribution is 2.51. The van der Waals surface area contributed by atoms with Crippen LogP contribution in [0.1, 0.15) is 18.4 Å². The van der Waals surface area contributed by atoms with Crippen molar-refractivity contribution in [1.82, 2.24) is 0 Å². The molecule has 5 heteroatoms. The second-order valence-electron chi connectivity index (χ2n) is 3.94. The zero-order valence-corrected chi connectivity index (χ0v) is 9.43. The molecular formula is C10H9BrFNO2. The lowest BCUT2D eigenvalue weighted by atomic mass is 10.0. The van der Waals surface area contributed by atoms with Crippen LogP contribution >= 0.6 is 15.9 Å². The van der Waals surface area contributed by atoms with Crippen molar-refractivity contribution in [1.29, 1.82) is 0 Å². The first-order valence-electron chi connectivity index (χ1n) is 4.69. The summed E-state index contributed by atoms with van der Waals surface area (Å²) >= 11 is 3.32. The zero-order valence-electron chi connectivity index (χ0n) is 7.85. The third-order valence-electron chi connectivity index (χ3n) is 2.84. The summed E-state index contributed by atoms with van der Waals surface area (Å²) in [5.41, 5.74) is 5.98. The van der Waals surface area contributed by atoms with E-state index in [4.69, 9.17) is 15.2 Å². The summed E-state index contributed by atoms with van der Waals surface area (Å²) in [5.74, 6) is 0.231. The number of benzene rings is 1. The van der Waals surface area contributed by atoms with Gasteiger partial charge in [-0.05, 0) is 18.9 Å². The van der Waals surface area contributed by atoms with Crippen molar-refractivity contribution >= 4 is 15.9 Å². The molecule has 3 rings (SSSR count). The van der Waals surface area contributed by atoms with Gasteiger partial charge in [0, 0.05) is 15.6 Å². The highest BCUT2D eigenvalue weighted by atomic mass is 79.9. The molecular weight excluding hydrogens is 265 g/mol. The van der Waals surface area contributed by atoms with E-state index in [0.29, 0.717) is 15.8 Å². The highest BCUT2D eigenvalue weighted by Gasteiger charge is 2.45. The number of halogens is 2. The fourth-order valence-corrected chi connectivity index (χ4v) is 2.59. The minimum atomic E-state index is -0.524. The molecule has 1 saturated carbocycles. The molecule has 2 N–H and O–H groups in total. The molecule has 1 heterocycles. The van der Waals surface area contributed by atoms with Crippen molar-refractivity contribution in [2.75, 3.05) is 6.79 Å². The largest absolute Gasteiger partial charge is 0.453 e. The number of rotatable bonds is 1. The summed E-state index contributed by atoms with van der Waals surface area (Å²) in [5, 5.41) is 0. The SMILES string of the molecule is NC1(c2c(Br)cc3c(c2F)OCO3)CC1. The molecule has 0 radical (unpaired) electrons. The number of hydrogen-bond donors (Lipinski definition) is 1. The van der Waals surface area contributed by atoms with Crippen molar-refractivity contribution < 1.29 is 13.9 Å². The third kappa shape index (κ3) is 1.26. The molecule has 1 aliphatic heterocycles. The number of ether oxygens (including phenoxy) is 2. The Bertz CT molecular complexity index is 446. The summed E-state index contributed by atoms with van der Waals surface area (Å²) in [6.45, 7) is 0.0692. The minimum Gasteiger partial charge on any atom is -0.453 e. The highest BCUT2D eigenvalue weighted by molar-refractivity contribution is 9.10. The third-order valence-corrected chi connectivity index (χ3v) is 3.47. The molecule has 1 aromatic rings. The molecule has 3 nitrogen and oxygen atoms in total. The van der Waals surface area contributed by atoms with E-state index in [0.717, 1.165) is 12.8 Å². The van der Waals surface area contributed by atoms with E-state index in [1.807, 2.05) is 0 Å². The van der Waals surface area contributed by atoms with E-state index in [1.54, 1.807) is 6.07 Å². The standard InChI is InChI=1S/C10H9BrFNO2/c11-5-3-6-9(15-4-14-6)8(12)7(5)10(13)1-2-10/h3H,1-2,4,13H2. The fourth-order valence-electron chi connectivity index (χ4n) is 1.81. The normalized spacial score (nSPS) is 20.5. The van der Waals surface area contributed by atoms with Gasteiger partial charge in [-0.25, -0.2) is 4.39 Å². The quantitative estimate of drug-likeness (QED) is 0.854. The first kappa shape index (κ1) is 9.42. The molecule has 1 fully saturated rings. The lowest BCUT2D eigenvalue weighted by molar-refractivity contribution is 0.170. The lowest BCUT2D eigenvalue weighted by Crippen LogP contribution is -2.21. The summed E-state index contributed by atoms with van der Waals surface area (Å²) in [7, 11) is 0. The summed E-state index contributed by atoms with van der Waals surface area (Å²) in [4.78, 5) is 0. The van der Waals surface area contributed by atoms with E-state index in [-0.39, 0.29) is 12.5 Å². The van der Waals surface area contributed by atoms with Gasteiger partial charge < -0.3 is 15.2 Å². The molecule has 0 aromatic heterocycles. The van der Waals surface area contributed by atoms with E-state index < -0.39 is 11.4 Å². The summed E-state index contributed by atoms with van der Waals surface area (Å²) in [6, 6.07) is 1.72. The monoisotopic (exact) mass is 273 g/mol. The maximum Gasteiger partial charge on any atom is 0.231 e. The second kappa shape index (κ2) is 2.86. The average Bonchev–Trinajstić information content (AvgIpc) is 2.75. The van der Waals surface area contributed by atoms with Gasteiger partial charge in [-0.15, -0.1) is 0 Å². The second-order valence-corrected chi connectivity index (χ2v) is 4.79. The van der Waals surface area contributed by atoms with E-state index >= 15 is 0 Å². The number of hydrogen-bond acceptors (Lipinski definition) is 3. The lowest BCUT2D eigenvalue weighted by Gasteiger charge is -2.14. The van der Waals surface area contributed by atoms with Crippen molar-refractivity contribution in [3.63, 3.8) is 0 Å². The van der Waals surface area contributed by atoms with Crippen LogP contribution in [-0.2, 0) is 5.54 Å². The Morgan fingerprint density at radius 1 is 1.40 bits per heavy atom. The Morgan fingerprint density at radius 2 is 2.13 bits per heavy atom. The maximum atomic E-state index is 14.1. The molecule has 0 unspecified atom stereocenters. The Kier molecular flexibility index (Phi) is 1.79. The van der Waals surface area contributed by atoms with E-state index in [1.165, 1.54) is 0 Å². The van der Waals surface area contributed by atoms with Crippen LogP contribution in [0.3, 0.4) is 0 Å². The van der Waals surface area contributed by atoms with Crippen LogP contribution in [0.2, 0.25) is 0 Å². The summed E-state index contributed by atoms with van der Waals surface area (Å²) < 4.78 is 24.9. The van der Waals surface area contributed by atoms with Crippen LogP contribution in [-0.4, -0.2) is 6.79 Å². The Morgan fingerprint density at radius 3 is 2.80 bits per heavy atom. The van der Waals surface area contributed by atoms with Gasteiger partial charge in [0.1, 0.15) is 0 Å². The van der Waals surface area contributed by atoms with E-state index in [2.05, 4.69) is 15.9 Å². The average molecular weight is 274 g/mol. The fraction of sp³-hybridized carbons (Fsp3) is 0.400. The molecule has 0 atom stereocenters. The zero-order chi connectivity index (χ0) is 10.6. The Balaban J connectivity index is 2.22. The Labute approximate surface area is 94.5 Å². The summed E-state index contributed by atoms with van der Waals surface area (Å²) in [6.07, 6.45) is 1.62. The predicted octanol–water partition coefficient (Wildman–Crippen LogP) is 2.26. The van der Waals surface area contributed by atoms with Crippen LogP contribution in [0.15, 0.2) is 10.5 Å². The van der Waals surface area contributed by atoms with Gasteiger partial charge in [0.2, 0.25) is 12.5 Å². The maximum absolute atomic E-state index is 14.1. The van der Waals surface area contributed by atoms with Gasteiger partial charge in [-0.1, -0.05) is 15.9 Å². The van der Waals surface area contributed by atoms with Crippen molar-refractivity contribution in [2.45, 2.75) is 18.4 Å². The van der Waals surface area contributed by atoms with E-state index in [9.17, 15) is 4.39 Å². The first-order chi connectivity index (χ1) is 7.12. The van der Waals surface area contributed by atoms with Gasteiger partial charge in [0.05, 0.1) is 0 Å². The molecule has 0 bridgehead atoms. The van der Waals surface area contributed by atoms with Gasteiger partial charge in [-0.2, -0.15) is 0 Å². The molecule has 15 heavy (non-hydrogen) atoms. The van der Waals surface area contributed by atoms with Crippen LogP contribution in [0.5, 0.6) is 11.5 Å². The molecule has 0 amide bonds. The molecule has 2 aliphatic rings. The van der Waals surface area contributed by atoms with Crippen molar-refractivity contribution in [3.05, 3.63) is 21.9 Å². The molecule has 0 spiro atoms. The molecule has 1 aliphatic carbocycles. The molecule has 0 saturated heterocycles. The Hall–Kier alpha value is -0.810. The van der Waals surface area contributed by atoms with Gasteiger partial charge in [-0.3, -0.25) is 0 Å².